The molecule has 8 heteroatoms. The molecule has 0 aliphatic rings. The molecule has 7 nitrogen and oxygen atoms in total. The monoisotopic (exact) mass is 437 g/mol. The number of hydrogen-bond donors (Lipinski definition) is 2. The van der Waals surface area contributed by atoms with Crippen LogP contribution in [-0.2, 0) is 13.6 Å². The van der Waals surface area contributed by atoms with Crippen LogP contribution in [0.4, 0.5) is 0 Å². The summed E-state index contributed by atoms with van der Waals surface area (Å²) < 4.78 is 1.75. The lowest BCUT2D eigenvalue weighted by atomic mass is 10.3. The molecule has 0 fully saturated rings. The predicted octanol–water partition coefficient (Wildman–Crippen LogP) is 1.61. The molecule has 0 radical (unpaired) electrons. The van der Waals surface area contributed by atoms with Crippen molar-refractivity contribution in [2.75, 3.05) is 32.7 Å². The number of halogens is 1. The Morgan fingerprint density at radius 3 is 2.52 bits per heavy atom. The highest BCUT2D eigenvalue weighted by atomic mass is 127. The third-order valence-electron chi connectivity index (χ3n) is 3.62. The van der Waals surface area contributed by atoms with Gasteiger partial charge in [0.2, 0.25) is 0 Å². The molecule has 0 aromatic carbocycles. The second kappa shape index (κ2) is 13.5. The molecule has 0 aliphatic carbocycles. The van der Waals surface area contributed by atoms with E-state index in [0.29, 0.717) is 6.54 Å². The van der Waals surface area contributed by atoms with Gasteiger partial charge in [-0.25, -0.2) is 9.98 Å². The predicted molar refractivity (Wildman–Crippen MR) is 106 cm³/mol. The molecule has 23 heavy (non-hydrogen) atoms. The van der Waals surface area contributed by atoms with E-state index in [4.69, 9.17) is 0 Å². The van der Waals surface area contributed by atoms with E-state index in [0.717, 1.165) is 44.4 Å². The van der Waals surface area contributed by atoms with Crippen LogP contribution in [0.1, 0.15) is 39.4 Å². The highest BCUT2D eigenvalue weighted by Crippen LogP contribution is 1.95. The fourth-order valence-electron chi connectivity index (χ4n) is 2.16. The van der Waals surface area contributed by atoms with E-state index in [1.54, 1.807) is 11.0 Å². The standard InChI is InChI=1S/C15H31N7.HI/c1-5-16-15(18-12-14-19-13-20-21(14)4)17-10-8-9-11-22(6-2)7-3;/h13H,5-12H2,1-4H3,(H2,16,17,18);1H. The second-order valence-corrected chi connectivity index (χ2v) is 5.16. The molecule has 1 rings (SSSR count). The van der Waals surface area contributed by atoms with Crippen LogP contribution < -0.4 is 10.6 Å². The van der Waals surface area contributed by atoms with Crippen molar-refractivity contribution in [3.05, 3.63) is 12.2 Å². The Labute approximate surface area is 157 Å². The van der Waals surface area contributed by atoms with Crippen LogP contribution in [0.3, 0.4) is 0 Å². The van der Waals surface area contributed by atoms with Gasteiger partial charge in [0, 0.05) is 20.1 Å². The first-order valence-electron chi connectivity index (χ1n) is 8.28. The van der Waals surface area contributed by atoms with Gasteiger partial charge in [0.05, 0.1) is 0 Å². The van der Waals surface area contributed by atoms with Crippen LogP contribution in [0.2, 0.25) is 0 Å². The average molecular weight is 437 g/mol. The van der Waals surface area contributed by atoms with Crippen molar-refractivity contribution in [2.24, 2.45) is 12.0 Å². The summed E-state index contributed by atoms with van der Waals surface area (Å²) in [6.07, 6.45) is 3.90. The van der Waals surface area contributed by atoms with Crippen molar-refractivity contribution < 1.29 is 0 Å². The molecular weight excluding hydrogens is 405 g/mol. The minimum absolute atomic E-state index is 0. The lowest BCUT2D eigenvalue weighted by molar-refractivity contribution is 0.297. The number of nitrogens with zero attached hydrogens (tertiary/aromatic N) is 5. The lowest BCUT2D eigenvalue weighted by Crippen LogP contribution is -2.38. The zero-order valence-electron chi connectivity index (χ0n) is 14.9. The number of hydrogen-bond acceptors (Lipinski definition) is 4. The number of rotatable bonds is 10. The van der Waals surface area contributed by atoms with E-state index in [9.17, 15) is 0 Å². The van der Waals surface area contributed by atoms with Crippen molar-refractivity contribution >= 4 is 29.9 Å². The van der Waals surface area contributed by atoms with Crippen molar-refractivity contribution in [1.29, 1.82) is 0 Å². The molecule has 0 bridgehead atoms. The molecule has 2 N–H and O–H groups in total. The summed E-state index contributed by atoms with van der Waals surface area (Å²) in [7, 11) is 1.88. The third-order valence-corrected chi connectivity index (χ3v) is 3.62. The number of guanidine groups is 1. The van der Waals surface area contributed by atoms with Crippen LogP contribution in [0.25, 0.3) is 0 Å². The molecule has 1 heterocycles. The third kappa shape index (κ3) is 9.09. The number of unbranched alkanes of at least 4 members (excludes halogenated alkanes) is 1. The van der Waals surface area contributed by atoms with E-state index >= 15 is 0 Å². The molecule has 134 valence electrons. The maximum atomic E-state index is 4.54. The van der Waals surface area contributed by atoms with Gasteiger partial charge in [0.15, 0.2) is 5.96 Å². The molecule has 0 saturated carbocycles. The molecule has 0 unspecified atom stereocenters. The zero-order valence-corrected chi connectivity index (χ0v) is 17.2. The summed E-state index contributed by atoms with van der Waals surface area (Å²) in [5, 5.41) is 10.7. The van der Waals surface area contributed by atoms with Crippen molar-refractivity contribution in [1.82, 2.24) is 30.3 Å². The van der Waals surface area contributed by atoms with Gasteiger partial charge in [-0.2, -0.15) is 5.10 Å². The molecule has 0 atom stereocenters. The summed E-state index contributed by atoms with van der Waals surface area (Å²) in [6, 6.07) is 0. The van der Waals surface area contributed by atoms with E-state index in [2.05, 4.69) is 51.4 Å². The summed E-state index contributed by atoms with van der Waals surface area (Å²) in [5.74, 6) is 1.70. The van der Waals surface area contributed by atoms with Crippen molar-refractivity contribution in [3.63, 3.8) is 0 Å². The fourth-order valence-corrected chi connectivity index (χ4v) is 2.16. The maximum Gasteiger partial charge on any atom is 0.191 e. The number of aryl methyl sites for hydroxylation is 1. The van der Waals surface area contributed by atoms with Crippen LogP contribution >= 0.6 is 24.0 Å². The first kappa shape index (κ1) is 22.1. The Kier molecular flexibility index (Phi) is 13.0. The highest BCUT2D eigenvalue weighted by molar-refractivity contribution is 14.0. The van der Waals surface area contributed by atoms with Crippen LogP contribution in [0, 0.1) is 0 Å². The molecule has 1 aromatic heterocycles. The highest BCUT2D eigenvalue weighted by Gasteiger charge is 2.02. The topological polar surface area (TPSA) is 70.4 Å². The van der Waals surface area contributed by atoms with Crippen LogP contribution in [-0.4, -0.2) is 58.3 Å². The minimum Gasteiger partial charge on any atom is -0.357 e. The molecule has 0 amide bonds. The van der Waals surface area contributed by atoms with Crippen molar-refractivity contribution in [3.8, 4) is 0 Å². The maximum absolute atomic E-state index is 4.54. The van der Waals surface area contributed by atoms with E-state index in [1.165, 1.54) is 13.0 Å². The van der Waals surface area contributed by atoms with E-state index in [-0.39, 0.29) is 24.0 Å². The lowest BCUT2D eigenvalue weighted by Gasteiger charge is -2.18. The quantitative estimate of drug-likeness (QED) is 0.252. The Balaban J connectivity index is 0.00000484. The molecule has 0 spiro atoms. The van der Waals surface area contributed by atoms with E-state index < -0.39 is 0 Å². The van der Waals surface area contributed by atoms with Gasteiger partial charge in [-0.15, -0.1) is 24.0 Å². The number of aliphatic imine (C=N–C) groups is 1. The van der Waals surface area contributed by atoms with Crippen LogP contribution in [0.5, 0.6) is 0 Å². The summed E-state index contributed by atoms with van der Waals surface area (Å²) in [5.41, 5.74) is 0. The van der Waals surface area contributed by atoms with Crippen LogP contribution in [0.15, 0.2) is 11.3 Å². The fraction of sp³-hybridized carbons (Fsp3) is 0.800. The SMILES string of the molecule is CCNC(=NCc1ncnn1C)NCCCCN(CC)CC.I. The Hall–Kier alpha value is -0.900. The zero-order chi connectivity index (χ0) is 16.2. The normalized spacial score (nSPS) is 11.4. The molecular formula is C15H32IN7. The largest absolute Gasteiger partial charge is 0.357 e. The molecule has 1 aromatic rings. The van der Waals surface area contributed by atoms with Gasteiger partial charge in [-0.1, -0.05) is 13.8 Å². The van der Waals surface area contributed by atoms with E-state index in [1.807, 2.05) is 7.05 Å². The minimum atomic E-state index is 0. The number of aromatic nitrogens is 3. The summed E-state index contributed by atoms with van der Waals surface area (Å²) in [6.45, 7) is 12.2. The Bertz CT molecular complexity index is 429. The molecule has 0 saturated heterocycles. The van der Waals surface area contributed by atoms with Gasteiger partial charge in [-0.05, 0) is 39.4 Å². The van der Waals surface area contributed by atoms with Crippen molar-refractivity contribution in [2.45, 2.75) is 40.2 Å². The summed E-state index contributed by atoms with van der Waals surface area (Å²) in [4.78, 5) is 11.2. The van der Waals surface area contributed by atoms with Gasteiger partial charge < -0.3 is 15.5 Å². The molecule has 0 aliphatic heterocycles. The van der Waals surface area contributed by atoms with Gasteiger partial charge >= 0.3 is 0 Å². The average Bonchev–Trinajstić information content (AvgIpc) is 2.93. The van der Waals surface area contributed by atoms with Gasteiger partial charge in [0.25, 0.3) is 0 Å². The van der Waals surface area contributed by atoms with Gasteiger partial charge in [0.1, 0.15) is 18.7 Å². The Morgan fingerprint density at radius 2 is 1.96 bits per heavy atom. The first-order valence-corrected chi connectivity index (χ1v) is 8.28. The summed E-state index contributed by atoms with van der Waals surface area (Å²) >= 11 is 0. The van der Waals surface area contributed by atoms with Gasteiger partial charge in [-0.3, -0.25) is 4.68 Å². The second-order valence-electron chi connectivity index (χ2n) is 5.16. The Morgan fingerprint density at radius 1 is 1.22 bits per heavy atom. The first-order chi connectivity index (χ1) is 10.7. The smallest absolute Gasteiger partial charge is 0.191 e. The number of nitrogens with one attached hydrogen (secondary N) is 2.